The molecule has 22 heavy (non-hydrogen) atoms. The topological polar surface area (TPSA) is 58.7 Å². The van der Waals surface area contributed by atoms with Gasteiger partial charge >= 0.3 is 0 Å². The van der Waals surface area contributed by atoms with Crippen LogP contribution >= 0.6 is 0 Å². The van der Waals surface area contributed by atoms with E-state index in [-0.39, 0.29) is 11.8 Å². The van der Waals surface area contributed by atoms with Gasteiger partial charge in [0.2, 0.25) is 0 Å². The van der Waals surface area contributed by atoms with Gasteiger partial charge in [0.15, 0.2) is 0 Å². The number of likely N-dealkylation sites (N-methyl/N-ethyl adjacent to an activating group) is 1. The van der Waals surface area contributed by atoms with Gasteiger partial charge in [-0.3, -0.25) is 0 Å². The minimum Gasteiger partial charge on any atom is -0.508 e. The lowest BCUT2D eigenvalue weighted by Gasteiger charge is -2.30. The van der Waals surface area contributed by atoms with Crippen LogP contribution in [0.3, 0.4) is 0 Å². The molecule has 0 aliphatic heterocycles. The van der Waals surface area contributed by atoms with Crippen molar-refractivity contribution in [3.8, 4) is 11.5 Å². The Morgan fingerprint density at radius 2 is 1.82 bits per heavy atom. The highest BCUT2D eigenvalue weighted by molar-refractivity contribution is 5.52. The van der Waals surface area contributed by atoms with Gasteiger partial charge in [0.1, 0.15) is 11.5 Å². The second-order valence-electron chi connectivity index (χ2n) is 5.27. The molecule has 0 fully saturated rings. The van der Waals surface area contributed by atoms with E-state index in [1.54, 1.807) is 12.1 Å². The zero-order valence-electron chi connectivity index (χ0n) is 13.2. The van der Waals surface area contributed by atoms with E-state index in [0.29, 0.717) is 13.2 Å². The highest BCUT2D eigenvalue weighted by Gasteiger charge is 2.19. The predicted molar refractivity (Wildman–Crippen MR) is 90.5 cm³/mol. The molecule has 0 spiro atoms. The van der Waals surface area contributed by atoms with Crippen molar-refractivity contribution in [2.24, 2.45) is 5.73 Å². The second kappa shape index (κ2) is 7.71. The zero-order chi connectivity index (χ0) is 15.9. The van der Waals surface area contributed by atoms with Crippen LogP contribution in [0, 0.1) is 0 Å². The smallest absolute Gasteiger partial charge is 0.124 e. The van der Waals surface area contributed by atoms with Crippen LogP contribution in [0.5, 0.6) is 11.5 Å². The summed E-state index contributed by atoms with van der Waals surface area (Å²) in [5.74, 6) is 1.14. The van der Waals surface area contributed by atoms with Gasteiger partial charge in [-0.05, 0) is 36.8 Å². The normalized spacial score (nSPS) is 12.0. The third kappa shape index (κ3) is 3.71. The molecule has 2 rings (SSSR count). The van der Waals surface area contributed by atoms with E-state index in [1.807, 2.05) is 37.4 Å². The van der Waals surface area contributed by atoms with Gasteiger partial charge < -0.3 is 20.5 Å². The molecular formula is C18H24N2O2. The zero-order valence-corrected chi connectivity index (χ0v) is 13.2. The SMILES string of the molecule is CCCOc1ccccc1C(CN)N(C)c1ccc(O)cc1. The highest BCUT2D eigenvalue weighted by atomic mass is 16.5. The number of para-hydroxylation sites is 1. The summed E-state index contributed by atoms with van der Waals surface area (Å²) < 4.78 is 5.85. The molecule has 0 amide bonds. The van der Waals surface area contributed by atoms with Crippen molar-refractivity contribution < 1.29 is 9.84 Å². The Morgan fingerprint density at radius 1 is 1.14 bits per heavy atom. The van der Waals surface area contributed by atoms with Crippen LogP contribution < -0.4 is 15.4 Å². The first-order chi connectivity index (χ1) is 10.7. The summed E-state index contributed by atoms with van der Waals surface area (Å²) in [6.45, 7) is 3.26. The summed E-state index contributed by atoms with van der Waals surface area (Å²) in [4.78, 5) is 2.10. The van der Waals surface area contributed by atoms with Crippen LogP contribution in [0.25, 0.3) is 0 Å². The number of benzene rings is 2. The molecule has 2 aromatic rings. The van der Waals surface area contributed by atoms with Crippen molar-refractivity contribution in [2.75, 3.05) is 25.1 Å². The number of nitrogens with two attached hydrogens (primary N) is 1. The van der Waals surface area contributed by atoms with E-state index >= 15 is 0 Å². The number of phenols is 1. The molecule has 0 bridgehead atoms. The summed E-state index contributed by atoms with van der Waals surface area (Å²) in [7, 11) is 2.00. The number of hydrogen-bond donors (Lipinski definition) is 2. The molecule has 4 heteroatoms. The lowest BCUT2D eigenvalue weighted by atomic mass is 10.0. The molecule has 0 aliphatic carbocycles. The Morgan fingerprint density at radius 3 is 2.45 bits per heavy atom. The Kier molecular flexibility index (Phi) is 5.67. The minimum atomic E-state index is 0.0117. The quantitative estimate of drug-likeness (QED) is 0.823. The second-order valence-corrected chi connectivity index (χ2v) is 5.27. The number of nitrogens with zero attached hydrogens (tertiary/aromatic N) is 1. The van der Waals surface area contributed by atoms with E-state index in [9.17, 15) is 5.11 Å². The van der Waals surface area contributed by atoms with Gasteiger partial charge in [0.05, 0.1) is 12.6 Å². The van der Waals surface area contributed by atoms with Crippen LogP contribution in [0.15, 0.2) is 48.5 Å². The summed E-state index contributed by atoms with van der Waals surface area (Å²) in [6, 6.07) is 15.2. The van der Waals surface area contributed by atoms with Crippen LogP contribution in [0.2, 0.25) is 0 Å². The van der Waals surface area contributed by atoms with E-state index < -0.39 is 0 Å². The largest absolute Gasteiger partial charge is 0.508 e. The maximum absolute atomic E-state index is 9.43. The first-order valence-electron chi connectivity index (χ1n) is 7.61. The average molecular weight is 300 g/mol. The van der Waals surface area contributed by atoms with Crippen molar-refractivity contribution in [2.45, 2.75) is 19.4 Å². The van der Waals surface area contributed by atoms with Crippen molar-refractivity contribution in [3.63, 3.8) is 0 Å². The summed E-state index contributed by atoms with van der Waals surface area (Å²) >= 11 is 0. The number of anilines is 1. The van der Waals surface area contributed by atoms with Crippen molar-refractivity contribution in [3.05, 3.63) is 54.1 Å². The third-order valence-electron chi connectivity index (χ3n) is 3.69. The molecule has 0 aliphatic rings. The molecule has 0 heterocycles. The van der Waals surface area contributed by atoms with E-state index in [0.717, 1.165) is 23.4 Å². The molecule has 2 aromatic carbocycles. The van der Waals surface area contributed by atoms with E-state index in [4.69, 9.17) is 10.5 Å². The van der Waals surface area contributed by atoms with Gasteiger partial charge in [-0.2, -0.15) is 0 Å². The number of aromatic hydroxyl groups is 1. The van der Waals surface area contributed by atoms with Crippen LogP contribution in [-0.2, 0) is 0 Å². The van der Waals surface area contributed by atoms with Gasteiger partial charge in [-0.25, -0.2) is 0 Å². The van der Waals surface area contributed by atoms with E-state index in [1.165, 1.54) is 0 Å². The van der Waals surface area contributed by atoms with Crippen molar-refractivity contribution in [1.29, 1.82) is 0 Å². The minimum absolute atomic E-state index is 0.0117. The molecule has 0 saturated heterocycles. The number of ether oxygens (including phenoxy) is 1. The summed E-state index contributed by atoms with van der Waals surface area (Å²) in [6.07, 6.45) is 0.968. The van der Waals surface area contributed by atoms with Gasteiger partial charge in [0.25, 0.3) is 0 Å². The lowest BCUT2D eigenvalue weighted by Crippen LogP contribution is -2.30. The maximum Gasteiger partial charge on any atom is 0.124 e. The van der Waals surface area contributed by atoms with Crippen molar-refractivity contribution >= 4 is 5.69 Å². The highest BCUT2D eigenvalue weighted by Crippen LogP contribution is 2.31. The molecule has 4 nitrogen and oxygen atoms in total. The Hall–Kier alpha value is -2.20. The third-order valence-corrected chi connectivity index (χ3v) is 3.69. The first kappa shape index (κ1) is 16.2. The molecule has 118 valence electrons. The van der Waals surface area contributed by atoms with Gasteiger partial charge in [0, 0.05) is 24.8 Å². The Bertz CT molecular complexity index is 584. The molecule has 3 N–H and O–H groups in total. The fourth-order valence-corrected chi connectivity index (χ4v) is 2.46. The predicted octanol–water partition coefficient (Wildman–Crippen LogP) is 3.32. The van der Waals surface area contributed by atoms with Gasteiger partial charge in [-0.1, -0.05) is 25.1 Å². The first-order valence-corrected chi connectivity index (χ1v) is 7.61. The Labute approximate surface area is 132 Å². The number of hydrogen-bond acceptors (Lipinski definition) is 4. The van der Waals surface area contributed by atoms with Crippen molar-refractivity contribution in [1.82, 2.24) is 0 Å². The number of rotatable bonds is 7. The van der Waals surface area contributed by atoms with Crippen LogP contribution in [0.4, 0.5) is 5.69 Å². The monoisotopic (exact) mass is 300 g/mol. The molecule has 0 saturated carbocycles. The molecule has 1 atom stereocenters. The summed E-state index contributed by atoms with van der Waals surface area (Å²) in [5.41, 5.74) is 8.10. The van der Waals surface area contributed by atoms with Crippen LogP contribution in [-0.4, -0.2) is 25.3 Å². The lowest BCUT2D eigenvalue weighted by molar-refractivity contribution is 0.312. The fraction of sp³-hybridized carbons (Fsp3) is 0.333. The van der Waals surface area contributed by atoms with Crippen LogP contribution in [0.1, 0.15) is 24.9 Å². The molecule has 0 radical (unpaired) electrons. The van der Waals surface area contributed by atoms with E-state index in [2.05, 4.69) is 17.9 Å². The molecular weight excluding hydrogens is 276 g/mol. The molecule has 1 unspecified atom stereocenters. The number of phenolic OH excluding ortho intramolecular Hbond substituents is 1. The molecule has 0 aromatic heterocycles. The Balaban J connectivity index is 2.29. The van der Waals surface area contributed by atoms with Gasteiger partial charge in [-0.15, -0.1) is 0 Å². The standard InChI is InChI=1S/C18H24N2O2/c1-3-12-22-18-7-5-4-6-16(18)17(13-19)20(2)14-8-10-15(21)11-9-14/h4-11,17,21H,3,12-13,19H2,1-2H3. The summed E-state index contributed by atoms with van der Waals surface area (Å²) in [5, 5.41) is 9.43. The maximum atomic E-state index is 9.43. The fourth-order valence-electron chi connectivity index (χ4n) is 2.46. The average Bonchev–Trinajstić information content (AvgIpc) is 2.55.